The van der Waals surface area contributed by atoms with Crippen molar-refractivity contribution < 1.29 is 8.42 Å². The molecule has 112 valence electrons. The molecule has 0 aliphatic rings. The highest BCUT2D eigenvalue weighted by molar-refractivity contribution is 7.92. The number of nitrogen functional groups attached to an aromatic ring is 1. The van der Waals surface area contributed by atoms with Crippen LogP contribution in [0.3, 0.4) is 0 Å². The number of nitrogens with one attached hydrogen (secondary N) is 1. The molecular weight excluding hydrogens is 312 g/mol. The number of nitrogens with two attached hydrogens (primary N) is 1. The molecule has 0 aliphatic heterocycles. The van der Waals surface area contributed by atoms with Crippen molar-refractivity contribution >= 4 is 33.1 Å². The third kappa shape index (κ3) is 3.08. The van der Waals surface area contributed by atoms with E-state index in [4.69, 9.17) is 17.3 Å². The summed E-state index contributed by atoms with van der Waals surface area (Å²) in [6.45, 7) is 5.22. The molecule has 0 radical (unpaired) electrons. The van der Waals surface area contributed by atoms with Gasteiger partial charge in [-0.25, -0.2) is 8.42 Å². The van der Waals surface area contributed by atoms with Crippen LogP contribution in [0.4, 0.5) is 11.5 Å². The van der Waals surface area contributed by atoms with Crippen LogP contribution in [0, 0.1) is 20.8 Å². The molecule has 0 atom stereocenters. The molecule has 1 aromatic heterocycles. The van der Waals surface area contributed by atoms with E-state index >= 15 is 0 Å². The zero-order valence-electron chi connectivity index (χ0n) is 11.8. The van der Waals surface area contributed by atoms with E-state index < -0.39 is 10.0 Å². The molecule has 21 heavy (non-hydrogen) atoms. The number of rotatable bonds is 3. The van der Waals surface area contributed by atoms with Crippen molar-refractivity contribution in [3.05, 3.63) is 40.0 Å². The molecule has 1 heterocycles. The maximum Gasteiger partial charge on any atom is 0.263 e. The monoisotopic (exact) mass is 326 g/mol. The lowest BCUT2D eigenvalue weighted by Gasteiger charge is -2.15. The molecule has 6 nitrogen and oxygen atoms in total. The summed E-state index contributed by atoms with van der Waals surface area (Å²) in [5, 5.41) is 7.48. The normalized spacial score (nSPS) is 11.4. The maximum absolute atomic E-state index is 12.6. The van der Waals surface area contributed by atoms with Crippen molar-refractivity contribution in [2.75, 3.05) is 10.5 Å². The first-order valence-corrected chi connectivity index (χ1v) is 7.97. The van der Waals surface area contributed by atoms with E-state index in [0.717, 1.165) is 5.56 Å². The highest BCUT2D eigenvalue weighted by Crippen LogP contribution is 2.29. The lowest BCUT2D eigenvalue weighted by Crippen LogP contribution is -2.18. The number of sulfonamides is 1. The molecule has 0 amide bonds. The van der Waals surface area contributed by atoms with Gasteiger partial charge in [0.15, 0.2) is 11.0 Å². The highest BCUT2D eigenvalue weighted by atomic mass is 35.5. The number of anilines is 2. The van der Waals surface area contributed by atoms with Gasteiger partial charge in [0.25, 0.3) is 10.0 Å². The largest absolute Gasteiger partial charge is 0.398 e. The Bertz CT molecular complexity index is 763. The van der Waals surface area contributed by atoms with Crippen molar-refractivity contribution in [1.29, 1.82) is 0 Å². The number of hydrogen-bond acceptors (Lipinski definition) is 5. The predicted octanol–water partition coefficient (Wildman–Crippen LogP) is 2.44. The summed E-state index contributed by atoms with van der Waals surface area (Å²) in [4.78, 5) is 0.164. The fourth-order valence-corrected chi connectivity index (χ4v) is 3.68. The SMILES string of the molecule is Cc1cc(N)c(C)c(S(=O)(=O)Nc2ccc(Cl)nn2)c1C. The Morgan fingerprint density at radius 2 is 1.81 bits per heavy atom. The summed E-state index contributed by atoms with van der Waals surface area (Å²) in [7, 11) is -3.81. The van der Waals surface area contributed by atoms with E-state index in [1.807, 2.05) is 6.92 Å². The molecule has 0 fully saturated rings. The summed E-state index contributed by atoms with van der Waals surface area (Å²) in [6.07, 6.45) is 0. The zero-order valence-corrected chi connectivity index (χ0v) is 13.4. The van der Waals surface area contributed by atoms with E-state index in [9.17, 15) is 8.42 Å². The van der Waals surface area contributed by atoms with Crippen molar-refractivity contribution in [3.8, 4) is 0 Å². The molecule has 1 aromatic carbocycles. The third-order valence-corrected chi connectivity index (χ3v) is 5.05. The van der Waals surface area contributed by atoms with Crippen molar-refractivity contribution in [2.45, 2.75) is 25.7 Å². The minimum atomic E-state index is -3.81. The Labute approximate surface area is 128 Å². The summed E-state index contributed by atoms with van der Waals surface area (Å²) in [5.74, 6) is 0.0956. The molecule has 2 aromatic rings. The van der Waals surface area contributed by atoms with Crippen molar-refractivity contribution in [2.24, 2.45) is 0 Å². The molecule has 0 saturated carbocycles. The number of aromatic nitrogens is 2. The van der Waals surface area contributed by atoms with Crippen LogP contribution in [0.2, 0.25) is 5.15 Å². The molecule has 0 bridgehead atoms. The van der Waals surface area contributed by atoms with Gasteiger partial charge < -0.3 is 5.73 Å². The second-order valence-electron chi connectivity index (χ2n) is 4.71. The maximum atomic E-state index is 12.6. The lowest BCUT2D eigenvalue weighted by atomic mass is 10.1. The number of hydrogen-bond donors (Lipinski definition) is 2. The van der Waals surface area contributed by atoms with Crippen LogP contribution < -0.4 is 10.5 Å². The van der Waals surface area contributed by atoms with E-state index in [0.29, 0.717) is 16.8 Å². The number of aryl methyl sites for hydroxylation is 1. The first-order chi connectivity index (χ1) is 9.72. The third-order valence-electron chi connectivity index (χ3n) is 3.22. The van der Waals surface area contributed by atoms with E-state index in [1.54, 1.807) is 19.9 Å². The Kier molecular flexibility index (Phi) is 4.06. The van der Waals surface area contributed by atoms with Crippen LogP contribution in [0.15, 0.2) is 23.1 Å². The van der Waals surface area contributed by atoms with Gasteiger partial charge in [0.05, 0.1) is 4.90 Å². The summed E-state index contributed by atoms with van der Waals surface area (Å²) in [5.41, 5.74) is 8.26. The van der Waals surface area contributed by atoms with Gasteiger partial charge in [-0.1, -0.05) is 11.6 Å². The second kappa shape index (κ2) is 5.50. The van der Waals surface area contributed by atoms with Gasteiger partial charge in [0.1, 0.15) is 0 Å². The van der Waals surface area contributed by atoms with Crippen molar-refractivity contribution in [1.82, 2.24) is 10.2 Å². The number of halogens is 1. The molecule has 3 N–H and O–H groups in total. The minimum Gasteiger partial charge on any atom is -0.398 e. The van der Waals surface area contributed by atoms with E-state index in [1.165, 1.54) is 12.1 Å². The van der Waals surface area contributed by atoms with Crippen LogP contribution in [0.1, 0.15) is 16.7 Å². The lowest BCUT2D eigenvalue weighted by molar-refractivity contribution is 0.599. The van der Waals surface area contributed by atoms with Crippen LogP contribution in [-0.4, -0.2) is 18.6 Å². The standard InChI is InChI=1S/C13H15ClN4O2S/c1-7-6-10(15)9(3)13(8(7)2)21(19,20)18-12-5-4-11(14)16-17-12/h4-6H,15H2,1-3H3,(H,17,18). The molecule has 0 spiro atoms. The Morgan fingerprint density at radius 1 is 1.14 bits per heavy atom. The fraction of sp³-hybridized carbons (Fsp3) is 0.231. The Balaban J connectivity index is 2.52. The molecule has 0 unspecified atom stereocenters. The topological polar surface area (TPSA) is 98.0 Å². The van der Waals surface area contributed by atoms with Gasteiger partial charge >= 0.3 is 0 Å². The summed E-state index contributed by atoms with van der Waals surface area (Å²) >= 11 is 5.62. The van der Waals surface area contributed by atoms with Gasteiger partial charge in [-0.05, 0) is 55.7 Å². The first kappa shape index (κ1) is 15.5. The highest BCUT2D eigenvalue weighted by Gasteiger charge is 2.23. The van der Waals surface area contributed by atoms with E-state index in [-0.39, 0.29) is 15.9 Å². The average molecular weight is 327 g/mol. The van der Waals surface area contributed by atoms with Gasteiger partial charge in [0.2, 0.25) is 0 Å². The fourth-order valence-electron chi connectivity index (χ4n) is 2.00. The quantitative estimate of drug-likeness (QED) is 0.844. The summed E-state index contributed by atoms with van der Waals surface area (Å²) < 4.78 is 27.5. The van der Waals surface area contributed by atoms with Crippen LogP contribution in [0.5, 0.6) is 0 Å². The van der Waals surface area contributed by atoms with Crippen LogP contribution >= 0.6 is 11.6 Å². The first-order valence-electron chi connectivity index (χ1n) is 6.10. The van der Waals surface area contributed by atoms with Gasteiger partial charge in [-0.15, -0.1) is 10.2 Å². The zero-order chi connectivity index (χ0) is 15.8. The Hall–Kier alpha value is -1.86. The van der Waals surface area contributed by atoms with E-state index in [2.05, 4.69) is 14.9 Å². The molecule has 0 saturated heterocycles. The molecule has 2 rings (SSSR count). The Morgan fingerprint density at radius 3 is 2.38 bits per heavy atom. The van der Waals surface area contributed by atoms with Gasteiger partial charge in [-0.3, -0.25) is 4.72 Å². The predicted molar refractivity (Wildman–Crippen MR) is 82.9 cm³/mol. The molecule has 0 aliphatic carbocycles. The molecule has 8 heteroatoms. The average Bonchev–Trinajstić information content (AvgIpc) is 2.39. The minimum absolute atomic E-state index is 0.0956. The number of benzene rings is 1. The molecular formula is C13H15ClN4O2S. The van der Waals surface area contributed by atoms with Crippen LogP contribution in [-0.2, 0) is 10.0 Å². The smallest absolute Gasteiger partial charge is 0.263 e. The second-order valence-corrected chi connectivity index (χ2v) is 6.72. The summed E-state index contributed by atoms with van der Waals surface area (Å²) in [6, 6.07) is 4.65. The van der Waals surface area contributed by atoms with Crippen molar-refractivity contribution in [3.63, 3.8) is 0 Å². The van der Waals surface area contributed by atoms with Gasteiger partial charge in [0, 0.05) is 5.69 Å². The van der Waals surface area contributed by atoms with Crippen LogP contribution in [0.25, 0.3) is 0 Å². The number of nitrogens with zero attached hydrogens (tertiary/aromatic N) is 2. The van der Waals surface area contributed by atoms with Gasteiger partial charge in [-0.2, -0.15) is 0 Å².